The van der Waals surface area contributed by atoms with Crippen LogP contribution >= 0.6 is 0 Å². The van der Waals surface area contributed by atoms with Gasteiger partial charge >= 0.3 is 5.97 Å². The number of Topliss-reactive ketones (excluding diaryl/α,β-unsaturated/α-hetero) is 1. The first-order valence-corrected chi connectivity index (χ1v) is 13.5. The lowest BCUT2D eigenvalue weighted by atomic mass is 9.47. The minimum absolute atomic E-state index is 0.0748. The summed E-state index contributed by atoms with van der Waals surface area (Å²) in [6.07, 6.45) is 13.8. The molecule has 4 aliphatic rings. The average molecular weight is 443 g/mol. The molecule has 0 aliphatic heterocycles. The van der Waals surface area contributed by atoms with E-state index < -0.39 is 0 Å². The normalized spacial score (nSPS) is 41.8. The molecule has 0 aromatic heterocycles. The Morgan fingerprint density at radius 1 is 1.06 bits per heavy atom. The van der Waals surface area contributed by atoms with Gasteiger partial charge in [0.2, 0.25) is 0 Å². The third-order valence-corrected chi connectivity index (χ3v) is 10.5. The molecule has 180 valence electrons. The van der Waals surface area contributed by atoms with Crippen LogP contribution in [0.4, 0.5) is 0 Å². The molecule has 8 atom stereocenters. The van der Waals surface area contributed by atoms with Gasteiger partial charge in [0.1, 0.15) is 11.9 Å². The zero-order valence-corrected chi connectivity index (χ0v) is 21.4. The molecule has 0 saturated heterocycles. The fourth-order valence-corrected chi connectivity index (χ4v) is 8.71. The van der Waals surface area contributed by atoms with Gasteiger partial charge in [0.05, 0.1) is 0 Å². The monoisotopic (exact) mass is 442 g/mol. The number of carbonyl (C=O) groups is 2. The fraction of sp³-hybridized carbons (Fsp3) is 0.862. The molecule has 0 heterocycles. The van der Waals surface area contributed by atoms with E-state index in [-0.39, 0.29) is 23.4 Å². The van der Waals surface area contributed by atoms with Crippen LogP contribution in [0.15, 0.2) is 11.6 Å². The van der Waals surface area contributed by atoms with E-state index in [0.717, 1.165) is 49.9 Å². The van der Waals surface area contributed by atoms with E-state index in [1.807, 2.05) is 0 Å². The van der Waals surface area contributed by atoms with Crippen molar-refractivity contribution in [2.75, 3.05) is 0 Å². The van der Waals surface area contributed by atoms with Crippen LogP contribution in [0.1, 0.15) is 106 Å². The maximum absolute atomic E-state index is 13.0. The highest BCUT2D eigenvalue weighted by atomic mass is 16.5. The number of hydrogen-bond acceptors (Lipinski definition) is 3. The second-order valence-electron chi connectivity index (χ2n) is 12.6. The van der Waals surface area contributed by atoms with Crippen molar-refractivity contribution in [2.45, 2.75) is 112 Å². The zero-order chi connectivity index (χ0) is 23.3. The predicted octanol–water partition coefficient (Wildman–Crippen LogP) is 7.14. The molecule has 3 fully saturated rings. The molecule has 0 bridgehead atoms. The van der Waals surface area contributed by atoms with Gasteiger partial charge in [-0.15, -0.1) is 0 Å². The van der Waals surface area contributed by atoms with Gasteiger partial charge in [-0.25, -0.2) is 0 Å². The second-order valence-corrected chi connectivity index (χ2v) is 12.6. The Morgan fingerprint density at radius 3 is 2.50 bits per heavy atom. The van der Waals surface area contributed by atoms with E-state index >= 15 is 0 Å². The number of fused-ring (bicyclic) bond motifs is 5. The van der Waals surface area contributed by atoms with E-state index in [0.29, 0.717) is 23.0 Å². The maximum atomic E-state index is 13.0. The first-order valence-electron chi connectivity index (χ1n) is 13.5. The molecule has 0 radical (unpaired) electrons. The molecule has 0 aromatic rings. The summed E-state index contributed by atoms with van der Waals surface area (Å²) in [5.74, 6) is 4.02. The third kappa shape index (κ3) is 4.11. The van der Waals surface area contributed by atoms with Gasteiger partial charge in [-0.3, -0.25) is 9.59 Å². The molecule has 0 spiro atoms. The molecular formula is C29H46O3. The molecule has 3 nitrogen and oxygen atoms in total. The standard InChI is InChI=1S/C29H46O3/c1-18(2)7-12-27(31)19(3)24-10-11-25-23-9-8-21-17-22(32-20(4)30)13-15-28(21,5)26(23)14-16-29(24,25)6/h8,18-19,22-26H,7,9-17H2,1-6H3/t19-,22-,23-,24+,25-,26-,28-,29+/m0/s1. The molecule has 0 amide bonds. The topological polar surface area (TPSA) is 43.4 Å². The Morgan fingerprint density at radius 2 is 1.81 bits per heavy atom. The summed E-state index contributed by atoms with van der Waals surface area (Å²) in [4.78, 5) is 24.5. The molecule has 0 N–H and O–H groups in total. The number of hydrogen-bond donors (Lipinski definition) is 0. The van der Waals surface area contributed by atoms with Crippen LogP contribution < -0.4 is 0 Å². The van der Waals surface area contributed by atoms with Crippen LogP contribution in [0.2, 0.25) is 0 Å². The highest BCUT2D eigenvalue weighted by molar-refractivity contribution is 5.81. The van der Waals surface area contributed by atoms with Crippen molar-refractivity contribution >= 4 is 11.8 Å². The zero-order valence-electron chi connectivity index (χ0n) is 21.4. The summed E-state index contributed by atoms with van der Waals surface area (Å²) >= 11 is 0. The molecular weight excluding hydrogens is 396 g/mol. The summed E-state index contributed by atoms with van der Waals surface area (Å²) in [5.41, 5.74) is 2.16. The Balaban J connectivity index is 1.49. The van der Waals surface area contributed by atoms with Gasteiger partial charge in [0, 0.05) is 25.7 Å². The van der Waals surface area contributed by atoms with E-state index in [1.165, 1.54) is 39.0 Å². The average Bonchev–Trinajstić information content (AvgIpc) is 3.08. The summed E-state index contributed by atoms with van der Waals surface area (Å²) in [6.45, 7) is 13.3. The summed E-state index contributed by atoms with van der Waals surface area (Å²) in [5, 5.41) is 0. The quantitative estimate of drug-likeness (QED) is 0.324. The van der Waals surface area contributed by atoms with Gasteiger partial charge in [-0.1, -0.05) is 46.3 Å². The summed E-state index contributed by atoms with van der Waals surface area (Å²) < 4.78 is 5.59. The van der Waals surface area contributed by atoms with Crippen molar-refractivity contribution in [3.05, 3.63) is 11.6 Å². The van der Waals surface area contributed by atoms with Gasteiger partial charge in [0.25, 0.3) is 0 Å². The van der Waals surface area contributed by atoms with E-state index in [4.69, 9.17) is 4.74 Å². The minimum Gasteiger partial charge on any atom is -0.462 e. The number of esters is 1. The van der Waals surface area contributed by atoms with Crippen molar-refractivity contribution in [2.24, 2.45) is 46.3 Å². The lowest BCUT2D eigenvalue weighted by molar-refractivity contribution is -0.148. The number of ether oxygens (including phenoxy) is 1. The molecule has 4 aliphatic carbocycles. The maximum Gasteiger partial charge on any atom is 0.302 e. The lowest BCUT2D eigenvalue weighted by Gasteiger charge is -2.58. The molecule has 4 rings (SSSR count). The van der Waals surface area contributed by atoms with Gasteiger partial charge < -0.3 is 4.74 Å². The SMILES string of the molecule is CC(=O)O[C@H]1CC[C@@]2(C)C(=CC[C@H]3[C@@H]4CC[C@H]([C@H](C)C(=O)CCC(C)C)[C@@]4(C)CC[C@@H]32)C1. The smallest absolute Gasteiger partial charge is 0.302 e. The minimum atomic E-state index is -0.143. The first kappa shape index (κ1) is 24.0. The third-order valence-electron chi connectivity index (χ3n) is 10.5. The molecule has 3 heteroatoms. The van der Waals surface area contributed by atoms with Crippen molar-refractivity contribution in [3.63, 3.8) is 0 Å². The largest absolute Gasteiger partial charge is 0.462 e. The second kappa shape index (κ2) is 8.91. The fourth-order valence-electron chi connectivity index (χ4n) is 8.71. The lowest BCUT2D eigenvalue weighted by Crippen LogP contribution is -2.51. The predicted molar refractivity (Wildman–Crippen MR) is 129 cm³/mol. The molecule has 0 unspecified atom stereocenters. The number of carbonyl (C=O) groups excluding carboxylic acids is 2. The van der Waals surface area contributed by atoms with E-state index in [9.17, 15) is 9.59 Å². The summed E-state index contributed by atoms with van der Waals surface area (Å²) in [6, 6.07) is 0. The number of allylic oxidation sites excluding steroid dienone is 1. The highest BCUT2D eigenvalue weighted by Gasteiger charge is 2.59. The Hall–Kier alpha value is -1.12. The van der Waals surface area contributed by atoms with Crippen molar-refractivity contribution in [1.29, 1.82) is 0 Å². The first-order chi connectivity index (χ1) is 15.1. The highest BCUT2D eigenvalue weighted by Crippen LogP contribution is 2.67. The number of ketones is 1. The van der Waals surface area contributed by atoms with Crippen molar-refractivity contribution in [3.8, 4) is 0 Å². The number of rotatable bonds is 6. The van der Waals surface area contributed by atoms with Crippen LogP contribution in [-0.2, 0) is 14.3 Å². The molecule has 0 aromatic carbocycles. The molecule has 3 saturated carbocycles. The van der Waals surface area contributed by atoms with Crippen LogP contribution in [0.3, 0.4) is 0 Å². The van der Waals surface area contributed by atoms with Crippen molar-refractivity contribution < 1.29 is 14.3 Å². The van der Waals surface area contributed by atoms with Crippen LogP contribution in [0.25, 0.3) is 0 Å². The van der Waals surface area contributed by atoms with E-state index in [2.05, 4.69) is 40.7 Å². The van der Waals surface area contributed by atoms with Crippen LogP contribution in [0.5, 0.6) is 0 Å². The molecule has 32 heavy (non-hydrogen) atoms. The van der Waals surface area contributed by atoms with Gasteiger partial charge in [-0.05, 0) is 91.8 Å². The summed E-state index contributed by atoms with van der Waals surface area (Å²) in [7, 11) is 0. The van der Waals surface area contributed by atoms with Gasteiger partial charge in [0.15, 0.2) is 0 Å². The Labute approximate surface area is 196 Å². The van der Waals surface area contributed by atoms with Crippen LogP contribution in [-0.4, -0.2) is 17.9 Å². The van der Waals surface area contributed by atoms with E-state index in [1.54, 1.807) is 5.57 Å². The van der Waals surface area contributed by atoms with Crippen molar-refractivity contribution in [1.82, 2.24) is 0 Å². The van der Waals surface area contributed by atoms with Crippen LogP contribution in [0, 0.1) is 46.3 Å². The Bertz CT molecular complexity index is 766. The van der Waals surface area contributed by atoms with Gasteiger partial charge in [-0.2, -0.15) is 0 Å². The Kier molecular flexibility index (Phi) is 6.69.